The molecule has 2 aliphatic rings. The lowest BCUT2D eigenvalue weighted by atomic mass is 9.98. The number of amides is 1. The number of nitrogens with one attached hydrogen (secondary N) is 1. The monoisotopic (exact) mass is 311 g/mol. The fraction of sp³-hybridized carbons (Fsp3) is 0.941. The van der Waals surface area contributed by atoms with E-state index in [0.29, 0.717) is 24.5 Å². The number of ether oxygens (including phenoxy) is 1. The molecule has 1 heterocycles. The minimum absolute atomic E-state index is 0.198. The number of hydrogen-bond donors (Lipinski definition) is 2. The first-order valence-electron chi connectivity index (χ1n) is 8.93. The lowest BCUT2D eigenvalue weighted by Gasteiger charge is -2.32. The molecule has 5 nitrogen and oxygen atoms in total. The summed E-state index contributed by atoms with van der Waals surface area (Å²) >= 11 is 0. The predicted molar refractivity (Wildman–Crippen MR) is 88.6 cm³/mol. The average molecular weight is 311 g/mol. The van der Waals surface area contributed by atoms with Crippen LogP contribution in [0.4, 0.5) is 0 Å². The van der Waals surface area contributed by atoms with Crippen LogP contribution in [-0.4, -0.2) is 55.2 Å². The van der Waals surface area contributed by atoms with Crippen molar-refractivity contribution in [3.8, 4) is 0 Å². The molecule has 2 atom stereocenters. The van der Waals surface area contributed by atoms with Crippen molar-refractivity contribution in [3.05, 3.63) is 0 Å². The molecule has 3 N–H and O–H groups in total. The van der Waals surface area contributed by atoms with Gasteiger partial charge in [-0.3, -0.25) is 4.79 Å². The summed E-state index contributed by atoms with van der Waals surface area (Å²) in [7, 11) is 0. The SMILES string of the molecule is CC(C)OCCN1CCC(NC(=O)C[C@@H]2CCC[C@H]2N)CC1. The van der Waals surface area contributed by atoms with Gasteiger partial charge in [0.2, 0.25) is 5.91 Å². The molecule has 2 fully saturated rings. The van der Waals surface area contributed by atoms with E-state index in [1.165, 1.54) is 6.42 Å². The van der Waals surface area contributed by atoms with Crippen LogP contribution < -0.4 is 11.1 Å². The van der Waals surface area contributed by atoms with Crippen molar-refractivity contribution in [2.24, 2.45) is 11.7 Å². The van der Waals surface area contributed by atoms with Crippen LogP contribution in [0.3, 0.4) is 0 Å². The minimum Gasteiger partial charge on any atom is -0.377 e. The van der Waals surface area contributed by atoms with Crippen LogP contribution in [0.1, 0.15) is 52.4 Å². The zero-order chi connectivity index (χ0) is 15.9. The summed E-state index contributed by atoms with van der Waals surface area (Å²) in [6.07, 6.45) is 6.38. The van der Waals surface area contributed by atoms with Gasteiger partial charge in [-0.2, -0.15) is 0 Å². The molecule has 1 saturated carbocycles. The highest BCUT2D eigenvalue weighted by Crippen LogP contribution is 2.26. The molecule has 0 spiro atoms. The van der Waals surface area contributed by atoms with Gasteiger partial charge >= 0.3 is 0 Å². The molecular formula is C17H33N3O2. The smallest absolute Gasteiger partial charge is 0.220 e. The van der Waals surface area contributed by atoms with Crippen molar-refractivity contribution in [3.63, 3.8) is 0 Å². The van der Waals surface area contributed by atoms with Crippen LogP contribution in [0.25, 0.3) is 0 Å². The van der Waals surface area contributed by atoms with E-state index in [1.54, 1.807) is 0 Å². The number of carbonyl (C=O) groups excluding carboxylic acids is 1. The molecule has 0 unspecified atom stereocenters. The number of rotatable bonds is 7. The summed E-state index contributed by atoms with van der Waals surface area (Å²) in [6.45, 7) is 8.03. The maximum absolute atomic E-state index is 12.1. The lowest BCUT2D eigenvalue weighted by molar-refractivity contribution is -0.123. The largest absolute Gasteiger partial charge is 0.377 e. The predicted octanol–water partition coefficient (Wildman–Crippen LogP) is 1.51. The average Bonchev–Trinajstić information content (AvgIpc) is 2.86. The second-order valence-electron chi connectivity index (χ2n) is 7.16. The Balaban J connectivity index is 1.59. The van der Waals surface area contributed by atoms with E-state index in [4.69, 9.17) is 10.5 Å². The van der Waals surface area contributed by atoms with Gasteiger partial charge in [0.1, 0.15) is 0 Å². The van der Waals surface area contributed by atoms with Crippen LogP contribution in [0.15, 0.2) is 0 Å². The quantitative estimate of drug-likeness (QED) is 0.748. The summed E-state index contributed by atoms with van der Waals surface area (Å²) in [5, 5.41) is 3.21. The Morgan fingerprint density at radius 3 is 2.59 bits per heavy atom. The van der Waals surface area contributed by atoms with Gasteiger partial charge in [-0.15, -0.1) is 0 Å². The maximum Gasteiger partial charge on any atom is 0.220 e. The van der Waals surface area contributed by atoms with Gasteiger partial charge in [-0.05, 0) is 45.4 Å². The zero-order valence-electron chi connectivity index (χ0n) is 14.2. The first kappa shape index (κ1) is 17.7. The number of likely N-dealkylation sites (tertiary alicyclic amines) is 1. The third-order valence-electron chi connectivity index (χ3n) is 4.98. The minimum atomic E-state index is 0.198. The maximum atomic E-state index is 12.1. The second-order valence-corrected chi connectivity index (χ2v) is 7.16. The summed E-state index contributed by atoms with van der Waals surface area (Å²) in [5.41, 5.74) is 6.05. The number of piperidine rings is 1. The Kier molecular flexibility index (Phi) is 7.12. The van der Waals surface area contributed by atoms with Crippen molar-refractivity contribution >= 4 is 5.91 Å². The third kappa shape index (κ3) is 5.86. The molecule has 5 heteroatoms. The van der Waals surface area contributed by atoms with Crippen molar-refractivity contribution in [2.45, 2.75) is 70.6 Å². The first-order valence-corrected chi connectivity index (χ1v) is 8.93. The van der Waals surface area contributed by atoms with Crippen molar-refractivity contribution < 1.29 is 9.53 Å². The molecule has 22 heavy (non-hydrogen) atoms. The highest BCUT2D eigenvalue weighted by atomic mass is 16.5. The summed E-state index contributed by atoms with van der Waals surface area (Å²) < 4.78 is 5.60. The number of nitrogens with two attached hydrogens (primary N) is 1. The Bertz CT molecular complexity index is 341. The molecule has 1 amide bonds. The van der Waals surface area contributed by atoms with Gasteiger partial charge in [0.05, 0.1) is 12.7 Å². The van der Waals surface area contributed by atoms with Gasteiger partial charge in [0.25, 0.3) is 0 Å². The van der Waals surface area contributed by atoms with E-state index in [1.807, 2.05) is 0 Å². The van der Waals surface area contributed by atoms with E-state index in [9.17, 15) is 4.79 Å². The molecule has 0 aromatic heterocycles. The van der Waals surface area contributed by atoms with Crippen molar-refractivity contribution in [1.29, 1.82) is 0 Å². The Morgan fingerprint density at radius 2 is 2.00 bits per heavy atom. The van der Waals surface area contributed by atoms with Gasteiger partial charge in [-0.1, -0.05) is 6.42 Å². The standard InChI is InChI=1S/C17H33N3O2/c1-13(2)22-11-10-20-8-6-15(7-9-20)19-17(21)12-14-4-3-5-16(14)18/h13-16H,3-12,18H2,1-2H3,(H,19,21)/t14-,16+/m0/s1. The van der Waals surface area contributed by atoms with Gasteiger partial charge in [0, 0.05) is 38.1 Å². The van der Waals surface area contributed by atoms with Gasteiger partial charge < -0.3 is 20.7 Å². The van der Waals surface area contributed by atoms with Crippen LogP contribution in [0.2, 0.25) is 0 Å². The van der Waals surface area contributed by atoms with E-state index in [2.05, 4.69) is 24.1 Å². The van der Waals surface area contributed by atoms with Gasteiger partial charge in [0.15, 0.2) is 0 Å². The Morgan fingerprint density at radius 1 is 1.27 bits per heavy atom. The lowest BCUT2D eigenvalue weighted by Crippen LogP contribution is -2.46. The molecule has 0 bridgehead atoms. The first-order chi connectivity index (χ1) is 10.5. The summed E-state index contributed by atoms with van der Waals surface area (Å²) in [4.78, 5) is 14.6. The zero-order valence-corrected chi connectivity index (χ0v) is 14.2. The molecule has 0 aromatic rings. The molecule has 1 saturated heterocycles. The number of hydrogen-bond acceptors (Lipinski definition) is 4. The summed E-state index contributed by atoms with van der Waals surface area (Å²) in [6, 6.07) is 0.570. The Hall–Kier alpha value is -0.650. The molecule has 128 valence electrons. The van der Waals surface area contributed by atoms with Gasteiger partial charge in [-0.25, -0.2) is 0 Å². The third-order valence-corrected chi connectivity index (χ3v) is 4.98. The van der Waals surface area contributed by atoms with E-state index in [0.717, 1.165) is 51.9 Å². The fourth-order valence-electron chi connectivity index (χ4n) is 3.56. The van der Waals surface area contributed by atoms with Crippen molar-refractivity contribution in [1.82, 2.24) is 10.2 Å². The molecular weight excluding hydrogens is 278 g/mol. The van der Waals surface area contributed by atoms with Crippen LogP contribution >= 0.6 is 0 Å². The van der Waals surface area contributed by atoms with E-state index < -0.39 is 0 Å². The van der Waals surface area contributed by atoms with E-state index in [-0.39, 0.29) is 11.9 Å². The highest BCUT2D eigenvalue weighted by Gasteiger charge is 2.27. The number of nitrogens with zero attached hydrogens (tertiary/aromatic N) is 1. The van der Waals surface area contributed by atoms with E-state index >= 15 is 0 Å². The molecule has 2 rings (SSSR count). The second kappa shape index (κ2) is 8.85. The normalized spacial score (nSPS) is 27.5. The highest BCUT2D eigenvalue weighted by molar-refractivity contribution is 5.76. The molecule has 1 aliphatic carbocycles. The van der Waals surface area contributed by atoms with Crippen LogP contribution in [0.5, 0.6) is 0 Å². The topological polar surface area (TPSA) is 67.6 Å². The van der Waals surface area contributed by atoms with Crippen LogP contribution in [0, 0.1) is 5.92 Å². The van der Waals surface area contributed by atoms with Crippen LogP contribution in [-0.2, 0) is 9.53 Å². The number of carbonyl (C=O) groups is 1. The summed E-state index contributed by atoms with van der Waals surface area (Å²) in [5.74, 6) is 0.595. The van der Waals surface area contributed by atoms with Crippen molar-refractivity contribution in [2.75, 3.05) is 26.2 Å². The fourth-order valence-corrected chi connectivity index (χ4v) is 3.56. The molecule has 0 radical (unpaired) electrons. The Labute approximate surface area is 134 Å². The molecule has 1 aliphatic heterocycles. The molecule has 0 aromatic carbocycles.